The Bertz CT molecular complexity index is 1860. The molecule has 3 aliphatic rings. The largest absolute Gasteiger partial charge is 0.494 e. The van der Waals surface area contributed by atoms with Crippen molar-refractivity contribution in [2.45, 2.75) is 117 Å². The molecule has 298 valence electrons. The molecule has 0 aromatic heterocycles. The van der Waals surface area contributed by atoms with Gasteiger partial charge in [-0.2, -0.15) is 0 Å². The van der Waals surface area contributed by atoms with Crippen LogP contribution in [-0.4, -0.2) is 54.7 Å². The van der Waals surface area contributed by atoms with Gasteiger partial charge in [-0.05, 0) is 190 Å². The molecule has 8 nitrogen and oxygen atoms in total. The van der Waals surface area contributed by atoms with E-state index in [0.29, 0.717) is 17.2 Å². The van der Waals surface area contributed by atoms with Crippen LogP contribution >= 0.6 is 22.6 Å². The van der Waals surface area contributed by atoms with Crippen LogP contribution in [0.1, 0.15) is 83.1 Å². The minimum atomic E-state index is -0.476. The molecule has 3 aliphatic heterocycles. The molecule has 4 aromatic carbocycles. The van der Waals surface area contributed by atoms with Crippen LogP contribution in [0.4, 0.5) is 8.78 Å². The first-order chi connectivity index (χ1) is 25.9. The van der Waals surface area contributed by atoms with Gasteiger partial charge in [0.05, 0.1) is 33.6 Å². The van der Waals surface area contributed by atoms with Crippen molar-refractivity contribution in [1.29, 1.82) is 0 Å². The summed E-state index contributed by atoms with van der Waals surface area (Å²) in [6, 6.07) is 27.1. The van der Waals surface area contributed by atoms with Crippen molar-refractivity contribution in [3.63, 3.8) is 0 Å². The van der Waals surface area contributed by atoms with E-state index in [-0.39, 0.29) is 45.2 Å². The summed E-state index contributed by atoms with van der Waals surface area (Å²) in [7, 11) is -1.39. The maximum absolute atomic E-state index is 13.0. The summed E-state index contributed by atoms with van der Waals surface area (Å²) in [6.07, 6.45) is 0. The lowest BCUT2D eigenvalue weighted by molar-refractivity contribution is 0.00578. The lowest BCUT2D eigenvalue weighted by Crippen LogP contribution is -2.41. The van der Waals surface area contributed by atoms with Crippen LogP contribution in [-0.2, 0) is 27.9 Å². The van der Waals surface area contributed by atoms with Gasteiger partial charge in [0.2, 0.25) is 0 Å². The highest BCUT2D eigenvalue weighted by atomic mass is 127. The van der Waals surface area contributed by atoms with E-state index >= 15 is 0 Å². The van der Waals surface area contributed by atoms with Gasteiger partial charge in [0.25, 0.3) is 0 Å². The second kappa shape index (κ2) is 16.7. The minimum Gasteiger partial charge on any atom is -0.457 e. The molecule has 7 rings (SSSR count). The second-order valence-corrected chi connectivity index (χ2v) is 18.2. The van der Waals surface area contributed by atoms with Gasteiger partial charge in [0.15, 0.2) is 0 Å². The van der Waals surface area contributed by atoms with Crippen molar-refractivity contribution in [1.82, 2.24) is 0 Å². The Balaban J connectivity index is 0.000000165. The average molecular weight is 882 g/mol. The molecule has 0 N–H and O–H groups in total. The van der Waals surface area contributed by atoms with E-state index in [9.17, 15) is 8.78 Å². The summed E-state index contributed by atoms with van der Waals surface area (Å²) < 4.78 is 73.9. The SMILES string of the molecule is CC1(C)OB(B2OC(C)(C)C(C)(C)O2)OC1(C)C.CC1(C)OB(c2cccc(Oc3ccc(F)cc3)c2)OC1(C)C.Fc1ccc(Oc2cccc(I)c2)cc1. The summed E-state index contributed by atoms with van der Waals surface area (Å²) in [6.45, 7) is 24.3. The molecule has 0 atom stereocenters. The third kappa shape index (κ3) is 10.5. The fourth-order valence-electron chi connectivity index (χ4n) is 5.51. The summed E-state index contributed by atoms with van der Waals surface area (Å²) >= 11 is 2.21. The highest BCUT2D eigenvalue weighted by molar-refractivity contribution is 14.1. The molecular weight excluding hydrogens is 830 g/mol. The van der Waals surface area contributed by atoms with Gasteiger partial charge in [0, 0.05) is 3.57 Å². The first-order valence-electron chi connectivity index (χ1n) is 18.7. The fraction of sp³-hybridized carbons (Fsp3) is 0.429. The molecule has 0 unspecified atom stereocenters. The molecule has 4 aromatic rings. The highest BCUT2D eigenvalue weighted by Gasteiger charge is 2.63. The van der Waals surface area contributed by atoms with Gasteiger partial charge in [0.1, 0.15) is 34.6 Å². The molecule has 56 heavy (non-hydrogen) atoms. The number of hydrogen-bond acceptors (Lipinski definition) is 8. The van der Waals surface area contributed by atoms with Crippen LogP contribution in [0.5, 0.6) is 23.0 Å². The number of benzene rings is 4. The zero-order chi connectivity index (χ0) is 41.3. The van der Waals surface area contributed by atoms with E-state index in [1.165, 1.54) is 24.3 Å². The zero-order valence-corrected chi connectivity index (χ0v) is 36.5. The maximum atomic E-state index is 13.0. The molecule has 0 saturated carbocycles. The van der Waals surface area contributed by atoms with Gasteiger partial charge in [-0.15, -0.1) is 0 Å². The molecule has 0 spiro atoms. The van der Waals surface area contributed by atoms with Gasteiger partial charge >= 0.3 is 21.1 Å². The average Bonchev–Trinajstić information content (AvgIpc) is 3.57. The Hall–Kier alpha value is -2.98. The topological polar surface area (TPSA) is 73.8 Å². The number of hydrogen-bond donors (Lipinski definition) is 0. The van der Waals surface area contributed by atoms with Crippen LogP contribution in [0.25, 0.3) is 0 Å². The third-order valence-corrected chi connectivity index (χ3v) is 11.7. The molecule has 0 radical (unpaired) electrons. The van der Waals surface area contributed by atoms with E-state index in [0.717, 1.165) is 14.8 Å². The van der Waals surface area contributed by atoms with Crippen molar-refractivity contribution in [3.8, 4) is 23.0 Å². The van der Waals surface area contributed by atoms with E-state index in [4.69, 9.17) is 37.4 Å². The van der Waals surface area contributed by atoms with E-state index < -0.39 is 21.1 Å². The van der Waals surface area contributed by atoms with Gasteiger partial charge in [-0.3, -0.25) is 0 Å². The lowest BCUT2D eigenvalue weighted by atomic mass is 9.49. The smallest absolute Gasteiger partial charge is 0.457 e. The lowest BCUT2D eigenvalue weighted by Gasteiger charge is -2.32. The predicted molar refractivity (Wildman–Crippen MR) is 226 cm³/mol. The van der Waals surface area contributed by atoms with Crippen LogP contribution in [0.2, 0.25) is 0 Å². The predicted octanol–water partition coefficient (Wildman–Crippen LogP) is 10.4. The minimum absolute atomic E-state index is 0.259. The Morgan fingerprint density at radius 1 is 0.429 bits per heavy atom. The molecular formula is C42H52B3F2IO8. The van der Waals surface area contributed by atoms with Crippen molar-refractivity contribution < 1.29 is 46.2 Å². The van der Waals surface area contributed by atoms with Crippen molar-refractivity contribution in [2.24, 2.45) is 0 Å². The standard InChI is InChI=1S/C18H20BFO3.C12H24B2O4.C12H8FIO/c1-17(2)18(3,4)23-19(22-17)13-6-5-7-16(12-13)21-15-10-8-14(20)9-11-15;1-9(2)10(3,4)16-13(15-9)14-17-11(5,6)12(7,8)18-14;13-9-4-6-11(7-5-9)15-12-3-1-2-10(14)8-12/h5-12H,1-4H3;1-8H3;1-8H. The van der Waals surface area contributed by atoms with Crippen LogP contribution < -0.4 is 14.9 Å². The highest BCUT2D eigenvalue weighted by Crippen LogP contribution is 2.43. The third-order valence-electron chi connectivity index (χ3n) is 11.0. The summed E-state index contributed by atoms with van der Waals surface area (Å²) in [5.41, 5.74) is -1.31. The monoisotopic (exact) mass is 882 g/mol. The first-order valence-corrected chi connectivity index (χ1v) is 19.8. The number of halogens is 3. The normalized spacial score (nSPS) is 20.7. The Morgan fingerprint density at radius 3 is 1.14 bits per heavy atom. The fourth-order valence-corrected chi connectivity index (χ4v) is 6.03. The van der Waals surface area contributed by atoms with Crippen molar-refractivity contribution in [2.75, 3.05) is 0 Å². The molecule has 0 bridgehead atoms. The van der Waals surface area contributed by atoms with Gasteiger partial charge in [-0.25, -0.2) is 8.78 Å². The summed E-state index contributed by atoms with van der Waals surface area (Å²) in [4.78, 5) is 0. The molecule has 14 heteroatoms. The Labute approximate surface area is 345 Å². The second-order valence-electron chi connectivity index (χ2n) is 17.0. The molecule has 3 saturated heterocycles. The quantitative estimate of drug-likeness (QED) is 0.140. The zero-order valence-electron chi connectivity index (χ0n) is 34.4. The molecule has 3 heterocycles. The van der Waals surface area contributed by atoms with Crippen LogP contribution in [0.3, 0.4) is 0 Å². The summed E-state index contributed by atoms with van der Waals surface area (Å²) in [5.74, 6) is 2.08. The Morgan fingerprint density at radius 2 is 0.768 bits per heavy atom. The summed E-state index contributed by atoms with van der Waals surface area (Å²) in [5, 5.41) is 0. The first kappa shape index (κ1) is 44.1. The van der Waals surface area contributed by atoms with E-state index in [1.807, 2.05) is 132 Å². The molecule has 0 aliphatic carbocycles. The Kier molecular flexibility index (Phi) is 13.2. The maximum Gasteiger partial charge on any atom is 0.494 e. The van der Waals surface area contributed by atoms with Crippen molar-refractivity contribution >= 4 is 49.2 Å². The molecule has 0 amide bonds. The van der Waals surface area contributed by atoms with Crippen LogP contribution in [0, 0.1) is 15.2 Å². The van der Waals surface area contributed by atoms with Gasteiger partial charge < -0.3 is 37.4 Å². The number of ether oxygens (including phenoxy) is 2. The molecule has 3 fully saturated rings. The van der Waals surface area contributed by atoms with Crippen LogP contribution in [0.15, 0.2) is 97.1 Å². The number of rotatable bonds is 6. The van der Waals surface area contributed by atoms with Crippen molar-refractivity contribution in [3.05, 3.63) is 112 Å². The van der Waals surface area contributed by atoms with E-state index in [1.54, 1.807) is 24.3 Å². The van der Waals surface area contributed by atoms with E-state index in [2.05, 4.69) is 22.6 Å². The van der Waals surface area contributed by atoms with Gasteiger partial charge in [-0.1, -0.05) is 18.2 Å².